The number of hydrogen-bond acceptors (Lipinski definition) is 2. The van der Waals surface area contributed by atoms with E-state index in [0.717, 1.165) is 70.1 Å². The van der Waals surface area contributed by atoms with E-state index < -0.39 is 7.14 Å². The highest BCUT2D eigenvalue weighted by Crippen LogP contribution is 2.64. The van der Waals surface area contributed by atoms with Crippen LogP contribution >= 0.6 is 7.14 Å². The molecule has 2 aliphatic rings. The summed E-state index contributed by atoms with van der Waals surface area (Å²) in [5.41, 5.74) is 6.26. The quantitative estimate of drug-likeness (QED) is 0.181. The topological polar surface area (TPSA) is 26.3 Å². The number of benzene rings is 5. The number of hydrogen-bond donors (Lipinski definition) is 0. The fourth-order valence-corrected chi connectivity index (χ4v) is 13.0. The molecule has 0 radical (unpaired) electrons. The van der Waals surface area contributed by atoms with Gasteiger partial charge in [-0.3, -0.25) is 0 Å². The Labute approximate surface area is 263 Å². The van der Waals surface area contributed by atoms with Crippen molar-refractivity contribution in [1.29, 1.82) is 0 Å². The maximum atomic E-state index is 16.3. The SMILES string of the molecule is Cc1cc(C)c(Oc2ccc3ccccc3c2-c2c(P(=O)(C3CCCCC3)C3CCCCC3)ccc3ccccc23)c(C)c1. The molecule has 0 N–H and O–H groups in total. The van der Waals surface area contributed by atoms with Crippen LogP contribution in [0.25, 0.3) is 32.7 Å². The van der Waals surface area contributed by atoms with Crippen LogP contribution in [0.3, 0.4) is 0 Å². The summed E-state index contributed by atoms with van der Waals surface area (Å²) < 4.78 is 23.3. The Morgan fingerprint density at radius 2 is 1.09 bits per heavy atom. The molecule has 5 aromatic carbocycles. The fraction of sp³-hybridized carbons (Fsp3) is 0.366. The van der Waals surface area contributed by atoms with Crippen LogP contribution in [0.15, 0.2) is 84.9 Å². The monoisotopic (exact) mass is 600 g/mol. The van der Waals surface area contributed by atoms with E-state index in [-0.39, 0.29) is 11.3 Å². The van der Waals surface area contributed by atoms with Gasteiger partial charge < -0.3 is 9.30 Å². The zero-order valence-electron chi connectivity index (χ0n) is 26.6. The van der Waals surface area contributed by atoms with Crippen LogP contribution in [-0.2, 0) is 4.57 Å². The van der Waals surface area contributed by atoms with Crippen molar-refractivity contribution in [3.05, 3.63) is 102 Å². The molecule has 226 valence electrons. The molecule has 0 aromatic heterocycles. The first-order chi connectivity index (χ1) is 21.4. The average Bonchev–Trinajstić information content (AvgIpc) is 3.06. The van der Waals surface area contributed by atoms with Crippen LogP contribution < -0.4 is 10.0 Å². The lowest BCUT2D eigenvalue weighted by Gasteiger charge is -2.39. The second-order valence-electron chi connectivity index (χ2n) is 13.5. The van der Waals surface area contributed by atoms with Gasteiger partial charge in [-0.1, -0.05) is 123 Å². The van der Waals surface area contributed by atoms with Gasteiger partial charge >= 0.3 is 0 Å². The second-order valence-corrected chi connectivity index (χ2v) is 16.8. The Bertz CT molecular complexity index is 1830. The largest absolute Gasteiger partial charge is 0.456 e. The minimum absolute atomic E-state index is 0.264. The standard InChI is InChI=1S/C41H45O2P/c1-28-26-29(2)41(30(3)27-28)43-37-24-22-31-14-10-12-20-35(31)39(37)40-36-21-13-11-15-32(36)23-25-38(40)44(42,33-16-6-4-7-17-33)34-18-8-5-9-19-34/h10-15,20-27,33-34H,4-9,16-19H2,1-3H3. The minimum atomic E-state index is -2.79. The molecule has 0 aliphatic heterocycles. The van der Waals surface area contributed by atoms with Gasteiger partial charge in [0.1, 0.15) is 18.6 Å². The Hall–Kier alpha value is -3.35. The van der Waals surface area contributed by atoms with E-state index in [1.165, 1.54) is 60.2 Å². The predicted octanol–water partition coefficient (Wildman–Crippen LogP) is 12.0. The van der Waals surface area contributed by atoms with Gasteiger partial charge in [-0.05, 0) is 85.2 Å². The van der Waals surface area contributed by atoms with Crippen molar-refractivity contribution < 1.29 is 9.30 Å². The summed E-state index contributed by atoms with van der Waals surface area (Å²) >= 11 is 0. The summed E-state index contributed by atoms with van der Waals surface area (Å²) in [7, 11) is -2.79. The lowest BCUT2D eigenvalue weighted by Crippen LogP contribution is -2.30. The maximum Gasteiger partial charge on any atom is 0.135 e. The molecular formula is C41H45O2P. The van der Waals surface area contributed by atoms with Crippen LogP contribution in [0.2, 0.25) is 0 Å². The molecule has 0 atom stereocenters. The van der Waals surface area contributed by atoms with Crippen molar-refractivity contribution >= 4 is 34.0 Å². The Kier molecular flexibility index (Phi) is 8.15. The summed E-state index contributed by atoms with van der Waals surface area (Å²) in [6.45, 7) is 6.42. The third-order valence-electron chi connectivity index (χ3n) is 10.5. The van der Waals surface area contributed by atoms with Gasteiger partial charge in [0.2, 0.25) is 0 Å². The molecule has 0 unspecified atom stereocenters. The van der Waals surface area contributed by atoms with Crippen molar-refractivity contribution in [3.8, 4) is 22.6 Å². The maximum absolute atomic E-state index is 16.3. The summed E-state index contributed by atoms with van der Waals surface area (Å²) in [5, 5.41) is 5.80. The highest BCUT2D eigenvalue weighted by molar-refractivity contribution is 7.73. The number of fused-ring (bicyclic) bond motifs is 2. The highest BCUT2D eigenvalue weighted by atomic mass is 31.2. The van der Waals surface area contributed by atoms with Gasteiger partial charge in [-0.15, -0.1) is 0 Å². The third kappa shape index (κ3) is 5.20. The van der Waals surface area contributed by atoms with Gasteiger partial charge in [0.25, 0.3) is 0 Å². The zero-order valence-corrected chi connectivity index (χ0v) is 27.5. The van der Waals surface area contributed by atoms with E-state index in [0.29, 0.717) is 0 Å². The number of aryl methyl sites for hydroxylation is 3. The lowest BCUT2D eigenvalue weighted by atomic mass is 9.93. The van der Waals surface area contributed by atoms with Gasteiger partial charge in [0, 0.05) is 27.7 Å². The number of ether oxygens (including phenoxy) is 1. The van der Waals surface area contributed by atoms with Crippen molar-refractivity contribution in [3.63, 3.8) is 0 Å². The summed E-state index contributed by atoms with van der Waals surface area (Å²) in [6, 6.07) is 30.6. The minimum Gasteiger partial charge on any atom is -0.456 e. The Balaban J connectivity index is 1.56. The molecular weight excluding hydrogens is 555 g/mol. The third-order valence-corrected chi connectivity index (χ3v) is 14.8. The molecule has 0 spiro atoms. The van der Waals surface area contributed by atoms with Gasteiger partial charge in [0.15, 0.2) is 0 Å². The van der Waals surface area contributed by atoms with Gasteiger partial charge in [-0.2, -0.15) is 0 Å². The van der Waals surface area contributed by atoms with Crippen LogP contribution in [-0.4, -0.2) is 11.3 Å². The average molecular weight is 601 g/mol. The smallest absolute Gasteiger partial charge is 0.135 e. The van der Waals surface area contributed by atoms with Crippen molar-refractivity contribution in [2.75, 3.05) is 0 Å². The molecule has 0 heterocycles. The second kappa shape index (κ2) is 12.2. The molecule has 7 rings (SSSR count). The predicted molar refractivity (Wildman–Crippen MR) is 189 cm³/mol. The van der Waals surface area contributed by atoms with Crippen molar-refractivity contribution in [2.45, 2.75) is 96.3 Å². The van der Waals surface area contributed by atoms with E-state index in [9.17, 15) is 0 Å². The fourth-order valence-electron chi connectivity index (χ4n) is 8.47. The summed E-state index contributed by atoms with van der Waals surface area (Å²) in [5.74, 6) is 1.76. The molecule has 2 nitrogen and oxygen atoms in total. The molecule has 3 heteroatoms. The van der Waals surface area contributed by atoms with E-state index in [2.05, 4.69) is 106 Å². The summed E-state index contributed by atoms with van der Waals surface area (Å²) in [4.78, 5) is 0. The molecule has 0 bridgehead atoms. The van der Waals surface area contributed by atoms with E-state index in [1.807, 2.05) is 0 Å². The van der Waals surface area contributed by atoms with Crippen LogP contribution in [0.5, 0.6) is 11.5 Å². The first-order valence-electron chi connectivity index (χ1n) is 16.8. The molecule has 0 saturated heterocycles. The Morgan fingerprint density at radius 1 is 0.591 bits per heavy atom. The van der Waals surface area contributed by atoms with Crippen LogP contribution in [0.1, 0.15) is 80.9 Å². The molecule has 2 aliphatic carbocycles. The lowest BCUT2D eigenvalue weighted by molar-refractivity contribution is 0.453. The first-order valence-corrected chi connectivity index (χ1v) is 18.7. The molecule has 5 aromatic rings. The first kappa shape index (κ1) is 29.4. The molecule has 44 heavy (non-hydrogen) atoms. The normalized spacial score (nSPS) is 16.9. The van der Waals surface area contributed by atoms with Gasteiger partial charge in [-0.25, -0.2) is 0 Å². The van der Waals surface area contributed by atoms with Crippen LogP contribution in [0.4, 0.5) is 0 Å². The summed E-state index contributed by atoms with van der Waals surface area (Å²) in [6.07, 6.45) is 11.6. The zero-order chi connectivity index (χ0) is 30.3. The van der Waals surface area contributed by atoms with Crippen molar-refractivity contribution in [1.82, 2.24) is 0 Å². The van der Waals surface area contributed by atoms with Crippen molar-refractivity contribution in [2.24, 2.45) is 0 Å². The van der Waals surface area contributed by atoms with Crippen LogP contribution in [0, 0.1) is 20.8 Å². The Morgan fingerprint density at radius 3 is 1.66 bits per heavy atom. The van der Waals surface area contributed by atoms with Gasteiger partial charge in [0.05, 0.1) is 0 Å². The number of rotatable bonds is 6. The molecule has 0 amide bonds. The van der Waals surface area contributed by atoms with E-state index in [4.69, 9.17) is 4.74 Å². The van der Waals surface area contributed by atoms with E-state index in [1.54, 1.807) is 0 Å². The van der Waals surface area contributed by atoms with E-state index >= 15 is 4.57 Å². The molecule has 2 saturated carbocycles. The molecule has 2 fully saturated rings. The highest BCUT2D eigenvalue weighted by Gasteiger charge is 2.44.